The maximum Gasteiger partial charge on any atom is 0.307 e. The van der Waals surface area contributed by atoms with Gasteiger partial charge in [0.25, 0.3) is 0 Å². The zero-order valence-electron chi connectivity index (χ0n) is 18.6. The van der Waals surface area contributed by atoms with Gasteiger partial charge in [0.2, 0.25) is 5.91 Å². The average Bonchev–Trinajstić information content (AvgIpc) is 2.88. The van der Waals surface area contributed by atoms with Crippen LogP contribution in [0.4, 0.5) is 0 Å². The monoisotopic (exact) mass is 461 g/mol. The first-order chi connectivity index (χ1) is 16.1. The van der Waals surface area contributed by atoms with Gasteiger partial charge in [-0.1, -0.05) is 90.5 Å². The third-order valence-corrected chi connectivity index (χ3v) is 6.46. The molecule has 3 aromatic rings. The molecule has 0 atom stereocenters. The number of halogens is 1. The van der Waals surface area contributed by atoms with Crippen LogP contribution in [0.3, 0.4) is 0 Å². The van der Waals surface area contributed by atoms with Crippen LogP contribution in [0.5, 0.6) is 0 Å². The van der Waals surface area contributed by atoms with Gasteiger partial charge in [-0.15, -0.1) is 0 Å². The van der Waals surface area contributed by atoms with E-state index in [2.05, 4.69) is 0 Å². The van der Waals surface area contributed by atoms with E-state index in [9.17, 15) is 9.59 Å². The largest absolute Gasteiger partial charge is 0.444 e. The Morgan fingerprint density at radius 1 is 0.758 bits per heavy atom. The fraction of sp³-hybridized carbons (Fsp3) is 0.286. The highest BCUT2D eigenvalue weighted by molar-refractivity contribution is 6.31. The summed E-state index contributed by atoms with van der Waals surface area (Å²) in [4.78, 5) is 27.7. The highest BCUT2D eigenvalue weighted by Crippen LogP contribution is 2.43. The molecule has 0 unspecified atom stereocenters. The molecule has 1 aliphatic heterocycles. The van der Waals surface area contributed by atoms with Crippen molar-refractivity contribution < 1.29 is 14.3 Å². The van der Waals surface area contributed by atoms with Gasteiger partial charge >= 0.3 is 5.97 Å². The fourth-order valence-electron chi connectivity index (χ4n) is 4.48. The Morgan fingerprint density at radius 3 is 1.88 bits per heavy atom. The number of carbonyl (C=O) groups excluding carboxylic acids is 2. The molecule has 4 rings (SSSR count). The first kappa shape index (κ1) is 23.1. The minimum atomic E-state index is -1.23. The first-order valence-electron chi connectivity index (χ1n) is 11.5. The maximum absolute atomic E-state index is 13.2. The van der Waals surface area contributed by atoms with E-state index in [1.165, 1.54) is 0 Å². The lowest BCUT2D eigenvalue weighted by atomic mass is 9.80. The summed E-state index contributed by atoms with van der Waals surface area (Å²) in [6.07, 6.45) is 3.35. The van der Waals surface area contributed by atoms with Crippen molar-refractivity contribution in [2.75, 3.05) is 13.1 Å². The summed E-state index contributed by atoms with van der Waals surface area (Å²) in [6.45, 7) is 1.54. The van der Waals surface area contributed by atoms with Crippen LogP contribution in [0.15, 0.2) is 84.9 Å². The molecule has 1 fully saturated rings. The Hall–Kier alpha value is -3.11. The van der Waals surface area contributed by atoms with Gasteiger partial charge < -0.3 is 9.64 Å². The Kier molecular flexibility index (Phi) is 7.46. The lowest BCUT2D eigenvalue weighted by Gasteiger charge is -2.36. The number of likely N-dealkylation sites (tertiary alicyclic amines) is 1. The molecule has 3 aromatic carbocycles. The van der Waals surface area contributed by atoms with Crippen molar-refractivity contribution in [3.05, 3.63) is 107 Å². The number of benzene rings is 3. The molecule has 5 heteroatoms. The molecule has 0 N–H and O–H groups in total. The van der Waals surface area contributed by atoms with Crippen molar-refractivity contribution in [3.8, 4) is 0 Å². The van der Waals surface area contributed by atoms with Gasteiger partial charge in [0.1, 0.15) is 0 Å². The second-order valence-corrected chi connectivity index (χ2v) is 8.72. The molecule has 0 aromatic heterocycles. The molecule has 170 valence electrons. The molecule has 33 heavy (non-hydrogen) atoms. The molecule has 1 amide bonds. The Balaban J connectivity index is 1.69. The molecule has 0 radical (unpaired) electrons. The van der Waals surface area contributed by atoms with Gasteiger partial charge in [0.05, 0.1) is 6.42 Å². The van der Waals surface area contributed by atoms with Crippen molar-refractivity contribution in [1.29, 1.82) is 0 Å². The third-order valence-electron chi connectivity index (χ3n) is 6.13. The van der Waals surface area contributed by atoms with E-state index in [0.29, 0.717) is 10.6 Å². The summed E-state index contributed by atoms with van der Waals surface area (Å²) in [5.74, 6) is -0.428. The quantitative estimate of drug-likeness (QED) is 0.322. The van der Waals surface area contributed by atoms with E-state index in [1.807, 2.05) is 83.8 Å². The van der Waals surface area contributed by atoms with Gasteiger partial charge in [0, 0.05) is 41.2 Å². The summed E-state index contributed by atoms with van der Waals surface area (Å²) < 4.78 is 6.32. The highest BCUT2D eigenvalue weighted by Gasteiger charge is 2.42. The Morgan fingerprint density at radius 2 is 1.30 bits per heavy atom. The summed E-state index contributed by atoms with van der Waals surface area (Å²) in [7, 11) is 0. The summed E-state index contributed by atoms with van der Waals surface area (Å²) in [5.41, 5.74) is 1.03. The second kappa shape index (κ2) is 10.7. The van der Waals surface area contributed by atoms with Crippen LogP contribution in [0.25, 0.3) is 0 Å². The summed E-state index contributed by atoms with van der Waals surface area (Å²) in [6, 6.07) is 26.7. The third kappa shape index (κ3) is 5.12. The van der Waals surface area contributed by atoms with Crippen LogP contribution < -0.4 is 0 Å². The molecule has 0 saturated carbocycles. The predicted octanol–water partition coefficient (Wildman–Crippen LogP) is 5.97. The van der Waals surface area contributed by atoms with Crippen molar-refractivity contribution in [3.63, 3.8) is 0 Å². The number of carbonyl (C=O) groups is 2. The summed E-state index contributed by atoms with van der Waals surface area (Å²) >= 11 is 6.67. The van der Waals surface area contributed by atoms with Crippen LogP contribution in [-0.2, 0) is 19.9 Å². The van der Waals surface area contributed by atoms with E-state index in [-0.39, 0.29) is 18.7 Å². The van der Waals surface area contributed by atoms with Gasteiger partial charge in [0.15, 0.2) is 5.60 Å². The molecule has 1 heterocycles. The van der Waals surface area contributed by atoms with E-state index in [0.717, 1.165) is 43.5 Å². The van der Waals surface area contributed by atoms with Gasteiger partial charge in [-0.2, -0.15) is 0 Å². The average molecular weight is 462 g/mol. The van der Waals surface area contributed by atoms with Gasteiger partial charge in [-0.25, -0.2) is 0 Å². The van der Waals surface area contributed by atoms with Crippen LogP contribution >= 0.6 is 11.6 Å². The number of rotatable bonds is 7. The molecule has 1 aliphatic rings. The number of ether oxygens (including phenoxy) is 1. The topological polar surface area (TPSA) is 46.6 Å². The number of hydrogen-bond acceptors (Lipinski definition) is 3. The van der Waals surface area contributed by atoms with Crippen LogP contribution in [0.2, 0.25) is 5.02 Å². The van der Waals surface area contributed by atoms with E-state index >= 15 is 0 Å². The lowest BCUT2D eigenvalue weighted by molar-refractivity contribution is -0.155. The number of esters is 1. The molecule has 0 bridgehead atoms. The van der Waals surface area contributed by atoms with Crippen molar-refractivity contribution in [2.24, 2.45) is 0 Å². The van der Waals surface area contributed by atoms with Gasteiger partial charge in [-0.05, 0) is 25.3 Å². The zero-order chi connectivity index (χ0) is 23.1. The normalized spacial score (nSPS) is 14.0. The number of hydrogen-bond donors (Lipinski definition) is 0. The zero-order valence-corrected chi connectivity index (χ0v) is 19.3. The molecular weight excluding hydrogens is 434 g/mol. The minimum absolute atomic E-state index is 0.00872. The van der Waals surface area contributed by atoms with E-state index < -0.39 is 11.6 Å². The Bertz CT molecular complexity index is 1040. The van der Waals surface area contributed by atoms with Crippen molar-refractivity contribution in [1.82, 2.24) is 4.90 Å². The smallest absolute Gasteiger partial charge is 0.307 e. The SMILES string of the molecule is O=C(CCC(=O)N1CCCCC1)OC(c1ccccc1)(c1ccccc1)c1ccccc1Cl. The van der Waals surface area contributed by atoms with Crippen LogP contribution in [0, 0.1) is 0 Å². The highest BCUT2D eigenvalue weighted by atomic mass is 35.5. The van der Waals surface area contributed by atoms with Crippen molar-refractivity contribution >= 4 is 23.5 Å². The molecule has 0 aliphatic carbocycles. The van der Waals surface area contributed by atoms with Gasteiger partial charge in [-0.3, -0.25) is 9.59 Å². The molecule has 0 spiro atoms. The molecule has 4 nitrogen and oxygen atoms in total. The minimum Gasteiger partial charge on any atom is -0.444 e. The maximum atomic E-state index is 13.2. The number of amides is 1. The summed E-state index contributed by atoms with van der Waals surface area (Å²) in [5, 5.41) is 0.502. The predicted molar refractivity (Wildman–Crippen MR) is 130 cm³/mol. The van der Waals surface area contributed by atoms with E-state index in [4.69, 9.17) is 16.3 Å². The van der Waals surface area contributed by atoms with Crippen molar-refractivity contribution in [2.45, 2.75) is 37.7 Å². The van der Waals surface area contributed by atoms with E-state index in [1.54, 1.807) is 6.07 Å². The standard InChI is InChI=1S/C28H28ClNO3/c29-25-17-9-8-16-24(25)28(22-12-4-1-5-13-22,23-14-6-2-7-15-23)33-27(32)19-18-26(31)30-20-10-3-11-21-30/h1-2,4-9,12-17H,3,10-11,18-21H2. The fourth-order valence-corrected chi connectivity index (χ4v) is 4.74. The molecule has 1 saturated heterocycles. The Labute approximate surface area is 200 Å². The number of piperidine rings is 1. The lowest BCUT2D eigenvalue weighted by Crippen LogP contribution is -2.37. The van der Waals surface area contributed by atoms with Crippen LogP contribution in [-0.4, -0.2) is 29.9 Å². The first-order valence-corrected chi connectivity index (χ1v) is 11.8. The second-order valence-electron chi connectivity index (χ2n) is 8.31. The molecular formula is C28H28ClNO3. The number of nitrogens with zero attached hydrogens (tertiary/aromatic N) is 1. The van der Waals surface area contributed by atoms with Crippen LogP contribution in [0.1, 0.15) is 48.8 Å².